The molecule has 0 aliphatic rings. The minimum atomic E-state index is -4.34. The third-order valence-corrected chi connectivity index (χ3v) is 5.39. The quantitative estimate of drug-likeness (QED) is 0.506. The normalized spacial score (nSPS) is 10.9. The van der Waals surface area contributed by atoms with Crippen LogP contribution in [0.3, 0.4) is 0 Å². The number of carbonyl (C=O) groups excluding carboxylic acids is 1. The molecule has 0 spiro atoms. The zero-order valence-corrected chi connectivity index (χ0v) is 16.9. The number of nitrogens with one attached hydrogen (secondary N) is 2. The minimum Gasteiger partial charge on any atom is -0.496 e. The first-order valence-electron chi connectivity index (χ1n) is 8.58. The summed E-state index contributed by atoms with van der Waals surface area (Å²) in [5.74, 6) is 0.576. The molecule has 0 bridgehead atoms. The van der Waals surface area contributed by atoms with E-state index < -0.39 is 16.1 Å². The largest absolute Gasteiger partial charge is 0.496 e. The van der Waals surface area contributed by atoms with Gasteiger partial charge in [0.25, 0.3) is 10.0 Å². The predicted octanol–water partition coefficient (Wildman–Crippen LogP) is 2.25. The van der Waals surface area contributed by atoms with Crippen molar-refractivity contribution in [1.82, 2.24) is 14.7 Å². The number of anilines is 2. The van der Waals surface area contributed by atoms with Gasteiger partial charge in [0.05, 0.1) is 25.6 Å². The third-order valence-electron chi connectivity index (χ3n) is 3.94. The Kier molecular flexibility index (Phi) is 6.02. The van der Waals surface area contributed by atoms with Crippen molar-refractivity contribution >= 4 is 27.6 Å². The van der Waals surface area contributed by atoms with Crippen molar-refractivity contribution in [2.45, 2.75) is 4.90 Å². The number of sulfonamides is 1. The Morgan fingerprint density at radius 2 is 1.87 bits per heavy atom. The van der Waals surface area contributed by atoms with Gasteiger partial charge in [0.15, 0.2) is 0 Å². The molecule has 0 saturated carbocycles. The molecule has 0 fully saturated rings. The van der Waals surface area contributed by atoms with Crippen LogP contribution in [0.2, 0.25) is 0 Å². The second kappa shape index (κ2) is 8.66. The van der Waals surface area contributed by atoms with E-state index in [0.717, 1.165) is 0 Å². The van der Waals surface area contributed by atoms with Gasteiger partial charge in [-0.2, -0.15) is 4.98 Å². The van der Waals surface area contributed by atoms with Gasteiger partial charge >= 0.3 is 6.03 Å². The lowest BCUT2D eigenvalue weighted by atomic mass is 10.1. The van der Waals surface area contributed by atoms with E-state index in [2.05, 4.69) is 15.3 Å². The van der Waals surface area contributed by atoms with E-state index in [9.17, 15) is 13.2 Å². The molecule has 10 nitrogen and oxygen atoms in total. The maximum Gasteiger partial charge on any atom is 0.334 e. The number of amides is 2. The molecular formula is C19H19N5O5S. The summed E-state index contributed by atoms with van der Waals surface area (Å²) in [5.41, 5.74) is 6.55. The Balaban J connectivity index is 1.90. The van der Waals surface area contributed by atoms with Crippen LogP contribution in [0, 0.1) is 0 Å². The number of hydrogen-bond donors (Lipinski definition) is 3. The average molecular weight is 429 g/mol. The highest BCUT2D eigenvalue weighted by Crippen LogP contribution is 2.30. The summed E-state index contributed by atoms with van der Waals surface area (Å²) in [6, 6.07) is 11.5. The van der Waals surface area contributed by atoms with Gasteiger partial charge in [0.1, 0.15) is 16.5 Å². The Bertz CT molecular complexity index is 1150. The molecule has 4 N–H and O–H groups in total. The highest BCUT2D eigenvalue weighted by Gasteiger charge is 2.25. The predicted molar refractivity (Wildman–Crippen MR) is 111 cm³/mol. The maximum atomic E-state index is 12.9. The summed E-state index contributed by atoms with van der Waals surface area (Å²) in [6.45, 7) is 0. The van der Waals surface area contributed by atoms with Gasteiger partial charge in [-0.25, -0.2) is 17.9 Å². The number of pyridine rings is 2. The van der Waals surface area contributed by atoms with Crippen LogP contribution in [0.25, 0.3) is 11.3 Å². The lowest BCUT2D eigenvalue weighted by molar-refractivity contribution is 0.256. The molecular weight excluding hydrogens is 410 g/mol. The lowest BCUT2D eigenvalue weighted by Crippen LogP contribution is -2.35. The smallest absolute Gasteiger partial charge is 0.334 e. The van der Waals surface area contributed by atoms with Crippen LogP contribution in [0.1, 0.15) is 0 Å². The Morgan fingerprint density at radius 1 is 1.07 bits per heavy atom. The number of hydrogen-bond acceptors (Lipinski definition) is 8. The zero-order valence-electron chi connectivity index (χ0n) is 16.1. The minimum absolute atomic E-state index is 0.0281. The van der Waals surface area contributed by atoms with Crippen LogP contribution in [0.5, 0.6) is 11.6 Å². The van der Waals surface area contributed by atoms with E-state index in [4.69, 9.17) is 15.2 Å². The fourth-order valence-corrected chi connectivity index (χ4v) is 3.90. The van der Waals surface area contributed by atoms with Crippen LogP contribution in [-0.4, -0.2) is 38.6 Å². The van der Waals surface area contributed by atoms with Crippen molar-refractivity contribution < 1.29 is 22.7 Å². The number of benzene rings is 1. The molecule has 156 valence electrons. The van der Waals surface area contributed by atoms with Crippen LogP contribution >= 0.6 is 0 Å². The SMILES string of the molecule is COc1cc(NC(=O)NS(=O)(=O)c2c(N)cccc2-c2ccccn2)nc(OC)c1. The molecule has 0 radical (unpaired) electrons. The molecule has 0 unspecified atom stereocenters. The van der Waals surface area contributed by atoms with Gasteiger partial charge in [-0.05, 0) is 18.2 Å². The first-order valence-corrected chi connectivity index (χ1v) is 10.1. The van der Waals surface area contributed by atoms with Crippen molar-refractivity contribution in [2.75, 3.05) is 25.3 Å². The summed E-state index contributed by atoms with van der Waals surface area (Å²) in [6.07, 6.45) is 1.52. The summed E-state index contributed by atoms with van der Waals surface area (Å²) in [4.78, 5) is 20.3. The van der Waals surface area contributed by atoms with Gasteiger partial charge in [0.2, 0.25) is 5.88 Å². The van der Waals surface area contributed by atoms with Gasteiger partial charge < -0.3 is 15.2 Å². The lowest BCUT2D eigenvalue weighted by Gasteiger charge is -2.14. The van der Waals surface area contributed by atoms with Gasteiger partial charge in [-0.1, -0.05) is 18.2 Å². The number of nitrogens with zero attached hydrogens (tertiary/aromatic N) is 2. The van der Waals surface area contributed by atoms with Crippen LogP contribution < -0.4 is 25.2 Å². The molecule has 2 amide bonds. The first kappa shape index (κ1) is 20.9. The number of nitrogen functional groups attached to an aromatic ring is 1. The molecule has 11 heteroatoms. The molecule has 0 aliphatic carbocycles. The van der Waals surface area contributed by atoms with E-state index >= 15 is 0 Å². The highest BCUT2D eigenvalue weighted by molar-refractivity contribution is 7.90. The van der Waals surface area contributed by atoms with E-state index in [1.807, 2.05) is 4.72 Å². The average Bonchev–Trinajstić information content (AvgIpc) is 2.73. The highest BCUT2D eigenvalue weighted by atomic mass is 32.2. The van der Waals surface area contributed by atoms with E-state index in [1.54, 1.807) is 30.3 Å². The van der Waals surface area contributed by atoms with Crippen molar-refractivity contribution in [2.24, 2.45) is 0 Å². The monoisotopic (exact) mass is 429 g/mol. The number of rotatable bonds is 6. The molecule has 2 heterocycles. The Morgan fingerprint density at radius 3 is 2.53 bits per heavy atom. The number of methoxy groups -OCH3 is 2. The fraction of sp³-hybridized carbons (Fsp3) is 0.105. The Labute approximate surface area is 173 Å². The number of ether oxygens (including phenoxy) is 2. The topological polar surface area (TPSA) is 146 Å². The van der Waals surface area contributed by atoms with Gasteiger partial charge in [-0.3, -0.25) is 10.3 Å². The molecule has 30 heavy (non-hydrogen) atoms. The van der Waals surface area contributed by atoms with Crippen LogP contribution in [-0.2, 0) is 10.0 Å². The zero-order chi connectivity index (χ0) is 21.7. The summed E-state index contributed by atoms with van der Waals surface area (Å²) < 4.78 is 37.9. The van der Waals surface area contributed by atoms with Crippen molar-refractivity contribution in [3.63, 3.8) is 0 Å². The molecule has 3 aromatic rings. The third kappa shape index (κ3) is 4.58. The summed E-state index contributed by atoms with van der Waals surface area (Å²) >= 11 is 0. The number of aromatic nitrogens is 2. The molecule has 1 aromatic carbocycles. The molecule has 0 saturated heterocycles. The van der Waals surface area contributed by atoms with Crippen molar-refractivity contribution in [3.05, 3.63) is 54.7 Å². The number of urea groups is 1. The molecule has 2 aromatic heterocycles. The first-order chi connectivity index (χ1) is 14.3. The van der Waals surface area contributed by atoms with E-state index in [1.165, 1.54) is 38.6 Å². The molecule has 0 atom stereocenters. The molecule has 0 aliphatic heterocycles. The Hall–Kier alpha value is -3.86. The van der Waals surface area contributed by atoms with Gasteiger partial charge in [-0.15, -0.1) is 0 Å². The second-order valence-electron chi connectivity index (χ2n) is 5.93. The van der Waals surface area contributed by atoms with Crippen molar-refractivity contribution in [1.29, 1.82) is 0 Å². The van der Waals surface area contributed by atoms with Crippen LogP contribution in [0.15, 0.2) is 59.6 Å². The standard InChI is InChI=1S/C19H19N5O5S/c1-28-12-10-16(22-17(11-12)29-2)23-19(25)24-30(26,27)18-13(6-5-7-14(18)20)15-8-3-4-9-21-15/h3-11H,20H2,1-2H3,(H2,22,23,24,25). The second-order valence-corrected chi connectivity index (χ2v) is 7.55. The maximum absolute atomic E-state index is 12.9. The summed E-state index contributed by atoms with van der Waals surface area (Å²) in [5, 5.41) is 2.34. The van der Waals surface area contributed by atoms with E-state index in [0.29, 0.717) is 11.4 Å². The van der Waals surface area contributed by atoms with E-state index in [-0.39, 0.29) is 27.8 Å². The number of carbonyl (C=O) groups is 1. The van der Waals surface area contributed by atoms with Crippen molar-refractivity contribution in [3.8, 4) is 22.9 Å². The van der Waals surface area contributed by atoms with Crippen LogP contribution in [0.4, 0.5) is 16.3 Å². The fourth-order valence-electron chi connectivity index (χ4n) is 2.66. The summed E-state index contributed by atoms with van der Waals surface area (Å²) in [7, 11) is -1.51. The number of nitrogens with two attached hydrogens (primary N) is 1. The van der Waals surface area contributed by atoms with Gasteiger partial charge in [0, 0.05) is 23.9 Å². The molecule has 3 rings (SSSR count).